The molecule has 2 atom stereocenters. The Morgan fingerprint density at radius 2 is 1.90 bits per heavy atom. The fourth-order valence-electron chi connectivity index (χ4n) is 4.07. The normalized spacial score (nSPS) is 33.2. The van der Waals surface area contributed by atoms with Gasteiger partial charge in [-0.15, -0.1) is 0 Å². The van der Waals surface area contributed by atoms with Crippen molar-refractivity contribution in [1.82, 2.24) is 10.2 Å². The third-order valence-corrected chi connectivity index (χ3v) is 5.57. The van der Waals surface area contributed by atoms with Crippen LogP contribution < -0.4 is 5.32 Å². The van der Waals surface area contributed by atoms with E-state index in [-0.39, 0.29) is 5.54 Å². The smallest absolute Gasteiger partial charge is 0.109 e. The second-order valence-electron chi connectivity index (χ2n) is 8.27. The molecule has 0 aromatic carbocycles. The first kappa shape index (κ1) is 16.8. The molecule has 1 saturated carbocycles. The SMILES string of the molecule is CC(C)NC1(C#N)CCCC1CCN1CCC(C)(C)CC1. The van der Waals surface area contributed by atoms with Crippen LogP contribution in [0, 0.1) is 22.7 Å². The van der Waals surface area contributed by atoms with Crippen LogP contribution in [0.4, 0.5) is 0 Å². The van der Waals surface area contributed by atoms with Crippen molar-refractivity contribution in [3.8, 4) is 6.07 Å². The van der Waals surface area contributed by atoms with E-state index in [9.17, 15) is 5.26 Å². The highest BCUT2D eigenvalue weighted by Crippen LogP contribution is 2.38. The van der Waals surface area contributed by atoms with Crippen LogP contribution in [0.3, 0.4) is 0 Å². The van der Waals surface area contributed by atoms with Crippen molar-refractivity contribution in [1.29, 1.82) is 5.26 Å². The maximum Gasteiger partial charge on any atom is 0.109 e. The van der Waals surface area contributed by atoms with Gasteiger partial charge in [0.15, 0.2) is 0 Å². The zero-order valence-corrected chi connectivity index (χ0v) is 14.4. The standard InChI is InChI=1S/C18H33N3/c1-15(2)20-18(14-19)8-5-6-16(18)7-11-21-12-9-17(3,4)10-13-21/h15-16,20H,5-13H2,1-4H3. The Hall–Kier alpha value is -0.590. The molecule has 3 nitrogen and oxygen atoms in total. The number of piperidine rings is 1. The van der Waals surface area contributed by atoms with Gasteiger partial charge in [0.25, 0.3) is 0 Å². The molecule has 1 heterocycles. The molecule has 1 aliphatic carbocycles. The average molecular weight is 291 g/mol. The number of nitrogens with zero attached hydrogens (tertiary/aromatic N) is 2. The monoisotopic (exact) mass is 291 g/mol. The summed E-state index contributed by atoms with van der Waals surface area (Å²) in [6.45, 7) is 12.7. The Kier molecular flexibility index (Phi) is 5.33. The second-order valence-corrected chi connectivity index (χ2v) is 8.27. The summed E-state index contributed by atoms with van der Waals surface area (Å²) in [5.74, 6) is 0.528. The number of hydrogen-bond acceptors (Lipinski definition) is 3. The average Bonchev–Trinajstić information content (AvgIpc) is 2.80. The Bertz CT molecular complexity index is 372. The van der Waals surface area contributed by atoms with Crippen LogP contribution in [0.2, 0.25) is 0 Å². The molecule has 0 aromatic rings. The lowest BCUT2D eigenvalue weighted by Crippen LogP contribution is -2.51. The molecule has 2 unspecified atom stereocenters. The first-order valence-corrected chi connectivity index (χ1v) is 8.78. The first-order chi connectivity index (χ1) is 9.87. The molecule has 1 saturated heterocycles. The van der Waals surface area contributed by atoms with Gasteiger partial charge in [0.05, 0.1) is 6.07 Å². The summed E-state index contributed by atoms with van der Waals surface area (Å²) >= 11 is 0. The fourth-order valence-corrected chi connectivity index (χ4v) is 4.07. The quantitative estimate of drug-likeness (QED) is 0.842. The molecule has 1 aliphatic heterocycles. The van der Waals surface area contributed by atoms with E-state index in [1.807, 2.05) is 0 Å². The van der Waals surface area contributed by atoms with Gasteiger partial charge in [0.2, 0.25) is 0 Å². The first-order valence-electron chi connectivity index (χ1n) is 8.78. The van der Waals surface area contributed by atoms with Crippen molar-refractivity contribution < 1.29 is 0 Å². The molecular formula is C18H33N3. The minimum atomic E-state index is -0.261. The van der Waals surface area contributed by atoms with Crippen LogP contribution in [0.25, 0.3) is 0 Å². The Morgan fingerprint density at radius 1 is 1.24 bits per heavy atom. The van der Waals surface area contributed by atoms with Gasteiger partial charge < -0.3 is 4.90 Å². The summed E-state index contributed by atoms with van der Waals surface area (Å²) in [5.41, 5.74) is 0.267. The minimum absolute atomic E-state index is 0.261. The maximum atomic E-state index is 9.72. The van der Waals surface area contributed by atoms with Crippen molar-refractivity contribution in [2.45, 2.75) is 77.8 Å². The number of nitrogens with one attached hydrogen (secondary N) is 1. The van der Waals surface area contributed by atoms with Crippen molar-refractivity contribution >= 4 is 0 Å². The van der Waals surface area contributed by atoms with E-state index in [4.69, 9.17) is 0 Å². The van der Waals surface area contributed by atoms with E-state index in [1.54, 1.807) is 0 Å². The Morgan fingerprint density at radius 3 is 2.48 bits per heavy atom. The highest BCUT2D eigenvalue weighted by molar-refractivity contribution is 5.14. The molecule has 1 N–H and O–H groups in total. The van der Waals surface area contributed by atoms with E-state index in [0.29, 0.717) is 17.4 Å². The molecule has 0 amide bonds. The predicted molar refractivity (Wildman–Crippen MR) is 88.0 cm³/mol. The summed E-state index contributed by atoms with van der Waals surface area (Å²) < 4.78 is 0. The van der Waals surface area contributed by atoms with E-state index < -0.39 is 0 Å². The lowest BCUT2D eigenvalue weighted by molar-refractivity contribution is 0.121. The molecule has 0 aromatic heterocycles. The maximum absolute atomic E-state index is 9.72. The summed E-state index contributed by atoms with van der Waals surface area (Å²) in [5, 5.41) is 13.3. The number of hydrogen-bond donors (Lipinski definition) is 1. The lowest BCUT2D eigenvalue weighted by atomic mass is 9.82. The molecule has 2 rings (SSSR count). The third kappa shape index (κ3) is 4.20. The number of likely N-dealkylation sites (tertiary alicyclic amines) is 1. The molecule has 120 valence electrons. The van der Waals surface area contributed by atoms with Crippen molar-refractivity contribution in [2.24, 2.45) is 11.3 Å². The van der Waals surface area contributed by atoms with Gasteiger partial charge in [-0.2, -0.15) is 5.26 Å². The zero-order chi connectivity index (χ0) is 15.5. The van der Waals surface area contributed by atoms with Crippen LogP contribution in [-0.4, -0.2) is 36.1 Å². The van der Waals surface area contributed by atoms with Gasteiger partial charge in [0.1, 0.15) is 5.54 Å². The molecule has 0 bridgehead atoms. The minimum Gasteiger partial charge on any atom is -0.303 e. The fraction of sp³-hybridized carbons (Fsp3) is 0.944. The third-order valence-electron chi connectivity index (χ3n) is 5.57. The summed E-state index contributed by atoms with van der Waals surface area (Å²) in [6, 6.07) is 3.02. The van der Waals surface area contributed by atoms with Crippen LogP contribution in [0.15, 0.2) is 0 Å². The molecule has 0 radical (unpaired) electrons. The van der Waals surface area contributed by atoms with Crippen molar-refractivity contribution in [3.05, 3.63) is 0 Å². The second kappa shape index (κ2) is 6.67. The van der Waals surface area contributed by atoms with Crippen LogP contribution in [0.1, 0.15) is 66.2 Å². The van der Waals surface area contributed by atoms with E-state index >= 15 is 0 Å². The predicted octanol–water partition coefficient (Wildman–Crippen LogP) is 3.56. The van der Waals surface area contributed by atoms with Gasteiger partial charge in [-0.3, -0.25) is 5.32 Å². The van der Waals surface area contributed by atoms with E-state index in [2.05, 4.69) is 44.0 Å². The van der Waals surface area contributed by atoms with Crippen molar-refractivity contribution in [3.63, 3.8) is 0 Å². The van der Waals surface area contributed by atoms with Crippen LogP contribution >= 0.6 is 0 Å². The highest BCUT2D eigenvalue weighted by Gasteiger charge is 2.43. The number of nitriles is 1. The molecule has 2 aliphatic rings. The van der Waals surface area contributed by atoms with Gasteiger partial charge in [-0.1, -0.05) is 20.3 Å². The Balaban J connectivity index is 1.86. The summed E-state index contributed by atoms with van der Waals surface area (Å²) in [4.78, 5) is 2.61. The number of rotatable bonds is 5. The van der Waals surface area contributed by atoms with Gasteiger partial charge in [-0.05, 0) is 76.9 Å². The highest BCUT2D eigenvalue weighted by atomic mass is 15.1. The van der Waals surface area contributed by atoms with Crippen LogP contribution in [0.5, 0.6) is 0 Å². The molecule has 2 fully saturated rings. The largest absolute Gasteiger partial charge is 0.303 e. The van der Waals surface area contributed by atoms with Gasteiger partial charge in [-0.25, -0.2) is 0 Å². The Labute approximate surface area is 131 Å². The summed E-state index contributed by atoms with van der Waals surface area (Å²) in [7, 11) is 0. The summed E-state index contributed by atoms with van der Waals surface area (Å²) in [6.07, 6.45) is 7.24. The lowest BCUT2D eigenvalue weighted by Gasteiger charge is -2.38. The molecule has 3 heteroatoms. The van der Waals surface area contributed by atoms with Gasteiger partial charge >= 0.3 is 0 Å². The van der Waals surface area contributed by atoms with Crippen molar-refractivity contribution in [2.75, 3.05) is 19.6 Å². The van der Waals surface area contributed by atoms with Gasteiger partial charge in [0, 0.05) is 6.04 Å². The van der Waals surface area contributed by atoms with E-state index in [1.165, 1.54) is 51.7 Å². The molecule has 21 heavy (non-hydrogen) atoms. The van der Waals surface area contributed by atoms with E-state index in [0.717, 1.165) is 6.42 Å². The zero-order valence-electron chi connectivity index (χ0n) is 14.4. The van der Waals surface area contributed by atoms with Crippen LogP contribution in [-0.2, 0) is 0 Å². The molecule has 0 spiro atoms. The topological polar surface area (TPSA) is 39.1 Å². The molecular weight excluding hydrogens is 258 g/mol.